The molecule has 9 heteroatoms. The Morgan fingerprint density at radius 1 is 0.526 bits per heavy atom. The molecule has 0 aliphatic carbocycles. The highest BCUT2D eigenvalue weighted by Gasteiger charge is 2.48. The Labute approximate surface area is 372 Å². The summed E-state index contributed by atoms with van der Waals surface area (Å²) in [5.41, 5.74) is 2.64. The second-order valence-electron chi connectivity index (χ2n) is 17.2. The fourth-order valence-electron chi connectivity index (χ4n) is 8.66. The Balaban J connectivity index is 0.719. The van der Waals surface area contributed by atoms with Crippen molar-refractivity contribution in [2.45, 2.75) is 176 Å². The Hall–Kier alpha value is -0.340. The van der Waals surface area contributed by atoms with E-state index in [4.69, 9.17) is 20.9 Å². The van der Waals surface area contributed by atoms with Crippen LogP contribution in [0, 0.1) is 0 Å². The minimum Gasteiger partial charge on any atom is -0.432 e. The molecule has 5 saturated heterocycles. The number of aryl methyl sites for hydroxylation is 2. The van der Waals surface area contributed by atoms with Gasteiger partial charge in [0.15, 0.2) is 0 Å². The van der Waals surface area contributed by atoms with Crippen molar-refractivity contribution < 1.29 is 9.05 Å². The SMILES string of the molecule is CCCC1SC1CC1SC1CCCCCCCc1cccc(OP(=S)(Oc2cccc(CCCCCCCC3SC3CC3SC3CC3CS3)c2)c2ccccc2)c1. The van der Waals surface area contributed by atoms with Gasteiger partial charge in [-0.2, -0.15) is 58.8 Å². The fraction of sp³-hybridized carbons (Fsp3) is 0.625. The predicted molar refractivity (Wildman–Crippen MR) is 263 cm³/mol. The Kier molecular flexibility index (Phi) is 16.4. The minimum atomic E-state index is -2.85. The molecule has 0 amide bonds. The summed E-state index contributed by atoms with van der Waals surface area (Å²) in [6, 6.07) is 27.4. The van der Waals surface area contributed by atoms with Crippen molar-refractivity contribution >= 4 is 82.4 Å². The molecule has 3 aromatic rings. The monoisotopic (exact) mass is 896 g/mol. The number of benzene rings is 3. The van der Waals surface area contributed by atoms with E-state index >= 15 is 0 Å². The molecule has 10 atom stereocenters. The minimum absolute atomic E-state index is 0.812. The van der Waals surface area contributed by atoms with Crippen molar-refractivity contribution in [2.24, 2.45) is 0 Å². The molecule has 5 fully saturated rings. The molecule has 0 bridgehead atoms. The third kappa shape index (κ3) is 14.4. The van der Waals surface area contributed by atoms with Crippen LogP contribution in [0.2, 0.25) is 0 Å². The Bertz CT molecular complexity index is 1740. The van der Waals surface area contributed by atoms with E-state index in [1.807, 2.05) is 30.3 Å². The standard InChI is InChI=1S/C48H65O2PS6/c1-2-18-41-45(54-41)32-46-42(55-46)27-14-7-3-5-10-19-35-21-16-23-37(29-35)49-51(52,39-25-12-9-13-26-39)50-38-24-17-22-36(30-38)20-11-6-4-8-15-28-43-47(56-43)33-48-44(57-48)31-40-34-53-40/h9,12-13,16-17,21-26,29-30,40-48H,2-8,10-11,14-15,18-20,27-28,31-34H2,1H3. The maximum atomic E-state index is 6.72. The van der Waals surface area contributed by atoms with Crippen LogP contribution in [0.1, 0.15) is 127 Å². The van der Waals surface area contributed by atoms with Gasteiger partial charge in [-0.1, -0.05) is 107 Å². The van der Waals surface area contributed by atoms with Crippen molar-refractivity contribution in [1.29, 1.82) is 0 Å². The average Bonchev–Trinajstić information content (AvgIpc) is 3.94. The summed E-state index contributed by atoms with van der Waals surface area (Å²) in [6.45, 7) is -0.527. The summed E-state index contributed by atoms with van der Waals surface area (Å²) in [4.78, 5) is 0. The lowest BCUT2D eigenvalue weighted by Crippen LogP contribution is -2.14. The number of rotatable bonds is 29. The topological polar surface area (TPSA) is 18.5 Å². The van der Waals surface area contributed by atoms with Crippen LogP contribution in [0.4, 0.5) is 0 Å². The van der Waals surface area contributed by atoms with Gasteiger partial charge in [0.1, 0.15) is 11.5 Å². The molecule has 3 aromatic carbocycles. The highest BCUT2D eigenvalue weighted by Crippen LogP contribution is 2.57. The van der Waals surface area contributed by atoms with Gasteiger partial charge in [0.2, 0.25) is 0 Å². The number of thioether (sulfide) groups is 5. The molecule has 8 rings (SSSR count). The lowest BCUT2D eigenvalue weighted by atomic mass is 10.0. The lowest BCUT2D eigenvalue weighted by Gasteiger charge is -2.24. The summed E-state index contributed by atoms with van der Waals surface area (Å²) >= 11 is 17.5. The highest BCUT2D eigenvalue weighted by molar-refractivity contribution is 8.13. The molecule has 0 radical (unpaired) electrons. The number of unbranched alkanes of at least 4 members (excludes halogenated alkanes) is 8. The van der Waals surface area contributed by atoms with Gasteiger partial charge in [0.25, 0.3) is 0 Å². The van der Waals surface area contributed by atoms with Gasteiger partial charge in [-0.15, -0.1) is 0 Å². The van der Waals surface area contributed by atoms with Gasteiger partial charge in [-0.3, -0.25) is 0 Å². The van der Waals surface area contributed by atoms with Gasteiger partial charge < -0.3 is 9.05 Å². The van der Waals surface area contributed by atoms with Crippen LogP contribution in [0.3, 0.4) is 0 Å². The zero-order valence-corrected chi connectivity index (χ0v) is 39.9. The number of hydrogen-bond acceptors (Lipinski definition) is 8. The van der Waals surface area contributed by atoms with Crippen LogP contribution in [0.25, 0.3) is 0 Å². The molecule has 5 aliphatic rings. The second-order valence-corrected chi connectivity index (χ2v) is 27.8. The largest absolute Gasteiger partial charge is 0.432 e. The van der Waals surface area contributed by atoms with Gasteiger partial charge in [0.05, 0.1) is 5.30 Å². The summed E-state index contributed by atoms with van der Waals surface area (Å²) in [6.07, 6.45) is 25.6. The maximum absolute atomic E-state index is 6.72. The van der Waals surface area contributed by atoms with Crippen LogP contribution in [-0.2, 0) is 24.6 Å². The zero-order valence-electron chi connectivity index (χ0n) is 34.1. The van der Waals surface area contributed by atoms with E-state index in [1.165, 1.54) is 126 Å². The van der Waals surface area contributed by atoms with Gasteiger partial charge in [-0.25, -0.2) is 0 Å². The van der Waals surface area contributed by atoms with Crippen LogP contribution in [-0.4, -0.2) is 53.0 Å². The molecule has 0 spiro atoms. The van der Waals surface area contributed by atoms with Crippen molar-refractivity contribution in [3.05, 3.63) is 90.0 Å². The zero-order chi connectivity index (χ0) is 38.9. The van der Waals surface area contributed by atoms with Crippen LogP contribution < -0.4 is 14.4 Å². The van der Waals surface area contributed by atoms with E-state index in [9.17, 15) is 0 Å². The van der Waals surface area contributed by atoms with Gasteiger partial charge in [0, 0.05) is 53.0 Å². The molecule has 5 aliphatic heterocycles. The molecule has 57 heavy (non-hydrogen) atoms. The molecule has 0 saturated carbocycles. The molecular weight excluding hydrogens is 832 g/mol. The molecule has 5 heterocycles. The molecule has 310 valence electrons. The summed E-state index contributed by atoms with van der Waals surface area (Å²) in [7, 11) is 0. The van der Waals surface area contributed by atoms with Crippen molar-refractivity contribution in [3.63, 3.8) is 0 Å². The smallest absolute Gasteiger partial charge is 0.319 e. The molecule has 10 unspecified atom stereocenters. The first kappa shape index (κ1) is 43.3. The van der Waals surface area contributed by atoms with Crippen LogP contribution in [0.5, 0.6) is 11.5 Å². The van der Waals surface area contributed by atoms with Crippen molar-refractivity contribution in [3.8, 4) is 11.5 Å². The third-order valence-corrected chi connectivity index (χ3v) is 22.1. The first-order valence-corrected chi connectivity index (χ1v) is 29.9. The van der Waals surface area contributed by atoms with E-state index in [2.05, 4.69) is 114 Å². The average molecular weight is 897 g/mol. The summed E-state index contributed by atoms with van der Waals surface area (Å²) in [5.74, 6) is 3.06. The quantitative estimate of drug-likeness (QED) is 0.0385. The molecule has 0 N–H and O–H groups in total. The van der Waals surface area contributed by atoms with Gasteiger partial charge in [-0.05, 0) is 124 Å². The molecule has 2 nitrogen and oxygen atoms in total. The van der Waals surface area contributed by atoms with E-state index in [-0.39, 0.29) is 0 Å². The first-order chi connectivity index (χ1) is 28.0. The second kappa shape index (κ2) is 21.6. The first-order valence-electron chi connectivity index (χ1n) is 22.5. The Morgan fingerprint density at radius 2 is 0.982 bits per heavy atom. The maximum Gasteiger partial charge on any atom is 0.319 e. The van der Waals surface area contributed by atoms with Crippen LogP contribution in [0.15, 0.2) is 78.9 Å². The summed E-state index contributed by atoms with van der Waals surface area (Å²) < 4.78 is 13.4. The van der Waals surface area contributed by atoms with E-state index in [0.717, 1.165) is 76.9 Å². The Morgan fingerprint density at radius 3 is 1.51 bits per heavy atom. The highest BCUT2D eigenvalue weighted by atomic mass is 32.5. The van der Waals surface area contributed by atoms with E-state index < -0.39 is 6.49 Å². The van der Waals surface area contributed by atoms with Gasteiger partial charge >= 0.3 is 6.49 Å². The van der Waals surface area contributed by atoms with E-state index in [0.29, 0.717) is 0 Å². The van der Waals surface area contributed by atoms with Crippen LogP contribution >= 0.6 is 65.3 Å². The lowest BCUT2D eigenvalue weighted by molar-refractivity contribution is 0.497. The van der Waals surface area contributed by atoms with E-state index in [1.54, 1.807) is 0 Å². The van der Waals surface area contributed by atoms with Crippen molar-refractivity contribution in [1.82, 2.24) is 0 Å². The molecule has 0 aromatic heterocycles. The van der Waals surface area contributed by atoms with Crippen molar-refractivity contribution in [2.75, 3.05) is 5.75 Å². The predicted octanol–water partition coefficient (Wildman–Crippen LogP) is 14.6. The molecular formula is C48H65O2PS6. The third-order valence-electron chi connectivity index (χ3n) is 12.4. The fourth-order valence-corrected chi connectivity index (χ4v) is 17.1. The number of hydrogen-bond donors (Lipinski definition) is 0. The summed E-state index contributed by atoms with van der Waals surface area (Å²) in [5, 5.41) is 9.86. The normalized spacial score (nSPS) is 29.0.